The van der Waals surface area contributed by atoms with E-state index in [4.69, 9.17) is 0 Å². The first-order valence-electron chi connectivity index (χ1n) is 8.66. The number of benzene rings is 2. The van der Waals surface area contributed by atoms with Crippen molar-refractivity contribution >= 4 is 21.6 Å². The highest BCUT2D eigenvalue weighted by Crippen LogP contribution is 2.19. The highest BCUT2D eigenvalue weighted by molar-refractivity contribution is 7.89. The summed E-state index contributed by atoms with van der Waals surface area (Å²) in [7, 11) is -3.64. The van der Waals surface area contributed by atoms with Crippen molar-refractivity contribution in [3.8, 4) is 0 Å². The Labute approximate surface area is 158 Å². The molecule has 2 aromatic rings. The summed E-state index contributed by atoms with van der Waals surface area (Å²) in [5.74, 6) is -2.26. The van der Waals surface area contributed by atoms with E-state index in [1.807, 2.05) is 6.92 Å². The minimum Gasteiger partial charge on any atom is -0.319 e. The fraction of sp³-hybridized carbons (Fsp3) is 0.316. The second kappa shape index (κ2) is 9.05. The van der Waals surface area contributed by atoms with Gasteiger partial charge >= 0.3 is 0 Å². The Morgan fingerprint density at radius 2 is 1.74 bits per heavy atom. The molecule has 2 aromatic carbocycles. The lowest BCUT2D eigenvalue weighted by Crippen LogP contribution is -2.31. The Morgan fingerprint density at radius 3 is 2.30 bits per heavy atom. The van der Waals surface area contributed by atoms with Gasteiger partial charge in [0.25, 0.3) is 5.91 Å². The van der Waals surface area contributed by atoms with Crippen LogP contribution in [0.25, 0.3) is 0 Å². The summed E-state index contributed by atoms with van der Waals surface area (Å²) >= 11 is 0. The number of carbonyl (C=O) groups excluding carboxylic acids is 1. The van der Waals surface area contributed by atoms with Crippen LogP contribution < -0.4 is 5.32 Å². The lowest BCUT2D eigenvalue weighted by atomic mass is 10.2. The van der Waals surface area contributed by atoms with Gasteiger partial charge < -0.3 is 5.32 Å². The summed E-state index contributed by atoms with van der Waals surface area (Å²) < 4.78 is 53.3. The summed E-state index contributed by atoms with van der Waals surface area (Å²) in [6.07, 6.45) is 1.64. The van der Waals surface area contributed by atoms with Crippen molar-refractivity contribution in [1.82, 2.24) is 4.31 Å². The van der Waals surface area contributed by atoms with Crippen molar-refractivity contribution in [3.05, 3.63) is 59.7 Å². The maximum absolute atomic E-state index is 13.6. The minimum atomic E-state index is -3.64. The molecule has 1 amide bonds. The van der Waals surface area contributed by atoms with Crippen molar-refractivity contribution in [2.45, 2.75) is 31.6 Å². The van der Waals surface area contributed by atoms with Crippen molar-refractivity contribution in [2.24, 2.45) is 0 Å². The molecule has 0 saturated heterocycles. The molecule has 0 aromatic heterocycles. The third-order valence-electron chi connectivity index (χ3n) is 4.05. The molecule has 0 radical (unpaired) electrons. The Bertz CT molecular complexity index is 900. The van der Waals surface area contributed by atoms with Gasteiger partial charge in [-0.15, -0.1) is 0 Å². The number of nitrogens with zero attached hydrogens (tertiary/aromatic N) is 1. The van der Waals surface area contributed by atoms with Crippen LogP contribution in [0.5, 0.6) is 0 Å². The van der Waals surface area contributed by atoms with Gasteiger partial charge in [0.05, 0.1) is 10.6 Å². The number of sulfonamides is 1. The van der Waals surface area contributed by atoms with Gasteiger partial charge in [-0.25, -0.2) is 17.2 Å². The average Bonchev–Trinajstić information content (AvgIpc) is 2.64. The molecule has 0 heterocycles. The predicted molar refractivity (Wildman–Crippen MR) is 100 cm³/mol. The molecule has 0 aliphatic heterocycles. The van der Waals surface area contributed by atoms with Crippen LogP contribution in [0.3, 0.4) is 0 Å². The SMILES string of the molecule is CCCCN(CC)S(=O)(=O)c1ccc(C(=O)Nc2ccc(F)cc2F)cc1. The number of rotatable bonds is 8. The third kappa shape index (κ3) is 5.11. The van der Waals surface area contributed by atoms with E-state index < -0.39 is 27.6 Å². The summed E-state index contributed by atoms with van der Waals surface area (Å²) in [6.45, 7) is 4.54. The molecule has 0 unspecified atom stereocenters. The van der Waals surface area contributed by atoms with Crippen molar-refractivity contribution < 1.29 is 22.0 Å². The monoisotopic (exact) mass is 396 g/mol. The van der Waals surface area contributed by atoms with Gasteiger partial charge in [-0.2, -0.15) is 4.31 Å². The molecular formula is C19H22F2N2O3S. The first-order chi connectivity index (χ1) is 12.8. The van der Waals surface area contributed by atoms with E-state index in [0.717, 1.165) is 25.0 Å². The van der Waals surface area contributed by atoms with Gasteiger partial charge in [0.1, 0.15) is 11.6 Å². The van der Waals surface area contributed by atoms with Gasteiger partial charge in [0.15, 0.2) is 0 Å². The molecule has 146 valence electrons. The van der Waals surface area contributed by atoms with E-state index in [2.05, 4.69) is 5.32 Å². The average molecular weight is 396 g/mol. The Morgan fingerprint density at radius 1 is 1.07 bits per heavy atom. The topological polar surface area (TPSA) is 66.5 Å². The Hall–Kier alpha value is -2.32. The van der Waals surface area contributed by atoms with E-state index in [1.165, 1.54) is 28.6 Å². The van der Waals surface area contributed by atoms with Crippen LogP contribution in [-0.2, 0) is 10.0 Å². The van der Waals surface area contributed by atoms with Crippen LogP contribution in [0.2, 0.25) is 0 Å². The number of amides is 1. The number of halogens is 2. The number of hydrogen-bond acceptors (Lipinski definition) is 3. The molecular weight excluding hydrogens is 374 g/mol. The lowest BCUT2D eigenvalue weighted by molar-refractivity contribution is 0.102. The molecule has 0 saturated carbocycles. The zero-order valence-electron chi connectivity index (χ0n) is 15.2. The second-order valence-electron chi connectivity index (χ2n) is 5.95. The predicted octanol–water partition coefficient (Wildman–Crippen LogP) is 4.03. The Kier molecular flexibility index (Phi) is 7.04. The molecule has 0 aliphatic rings. The standard InChI is InChI=1S/C19H22F2N2O3S/c1-3-5-12-23(4-2)27(25,26)16-9-6-14(7-10-16)19(24)22-18-11-8-15(20)13-17(18)21/h6-11,13H,3-5,12H2,1-2H3,(H,22,24). The van der Waals surface area contributed by atoms with Crippen molar-refractivity contribution in [2.75, 3.05) is 18.4 Å². The quantitative estimate of drug-likeness (QED) is 0.733. The number of unbranched alkanes of at least 4 members (excludes halogenated alkanes) is 1. The number of carbonyl (C=O) groups is 1. The number of hydrogen-bond donors (Lipinski definition) is 1. The van der Waals surface area contributed by atoms with Crippen LogP contribution >= 0.6 is 0 Å². The maximum Gasteiger partial charge on any atom is 0.255 e. The molecule has 2 rings (SSSR count). The molecule has 27 heavy (non-hydrogen) atoms. The largest absolute Gasteiger partial charge is 0.319 e. The summed E-state index contributed by atoms with van der Waals surface area (Å²) in [6, 6.07) is 8.23. The van der Waals surface area contributed by atoms with Gasteiger partial charge in [-0.1, -0.05) is 20.3 Å². The van der Waals surface area contributed by atoms with Crippen LogP contribution in [0.1, 0.15) is 37.0 Å². The smallest absolute Gasteiger partial charge is 0.255 e. The molecule has 0 fully saturated rings. The minimum absolute atomic E-state index is 0.0879. The first-order valence-corrected chi connectivity index (χ1v) is 10.1. The van der Waals surface area contributed by atoms with Crippen LogP contribution in [-0.4, -0.2) is 31.7 Å². The van der Waals surface area contributed by atoms with E-state index in [1.54, 1.807) is 6.92 Å². The normalized spacial score (nSPS) is 11.6. The first kappa shape index (κ1) is 21.0. The van der Waals surface area contributed by atoms with E-state index in [-0.39, 0.29) is 16.1 Å². The number of nitrogens with one attached hydrogen (secondary N) is 1. The maximum atomic E-state index is 13.6. The van der Waals surface area contributed by atoms with Crippen molar-refractivity contribution in [3.63, 3.8) is 0 Å². The zero-order chi connectivity index (χ0) is 20.0. The summed E-state index contributed by atoms with van der Waals surface area (Å²) in [5.41, 5.74) is 0.00380. The van der Waals surface area contributed by atoms with Crippen LogP contribution in [0.15, 0.2) is 47.4 Å². The fourth-order valence-corrected chi connectivity index (χ4v) is 3.98. The van der Waals surface area contributed by atoms with E-state index in [9.17, 15) is 22.0 Å². The molecule has 1 N–H and O–H groups in total. The molecule has 0 aliphatic carbocycles. The second-order valence-corrected chi connectivity index (χ2v) is 7.89. The van der Waals surface area contributed by atoms with Crippen LogP contribution in [0, 0.1) is 11.6 Å². The van der Waals surface area contributed by atoms with Gasteiger partial charge in [0, 0.05) is 24.7 Å². The van der Waals surface area contributed by atoms with Crippen molar-refractivity contribution in [1.29, 1.82) is 0 Å². The third-order valence-corrected chi connectivity index (χ3v) is 6.04. The van der Waals surface area contributed by atoms with Gasteiger partial charge in [0.2, 0.25) is 10.0 Å². The van der Waals surface area contributed by atoms with Gasteiger partial charge in [-0.05, 0) is 42.8 Å². The molecule has 0 bridgehead atoms. The zero-order valence-corrected chi connectivity index (χ0v) is 16.0. The van der Waals surface area contributed by atoms with E-state index in [0.29, 0.717) is 19.2 Å². The fourth-order valence-electron chi connectivity index (χ4n) is 2.50. The molecule has 5 nitrogen and oxygen atoms in total. The highest BCUT2D eigenvalue weighted by atomic mass is 32.2. The Balaban J connectivity index is 2.17. The highest BCUT2D eigenvalue weighted by Gasteiger charge is 2.22. The number of anilines is 1. The van der Waals surface area contributed by atoms with E-state index >= 15 is 0 Å². The molecule has 0 atom stereocenters. The summed E-state index contributed by atoms with van der Waals surface area (Å²) in [4.78, 5) is 12.3. The summed E-state index contributed by atoms with van der Waals surface area (Å²) in [5, 5.41) is 2.33. The molecule has 0 spiro atoms. The lowest BCUT2D eigenvalue weighted by Gasteiger charge is -2.20. The van der Waals surface area contributed by atoms with Crippen LogP contribution in [0.4, 0.5) is 14.5 Å². The molecule has 8 heteroatoms. The van der Waals surface area contributed by atoms with Gasteiger partial charge in [-0.3, -0.25) is 4.79 Å².